The summed E-state index contributed by atoms with van der Waals surface area (Å²) in [6.07, 6.45) is 6.52. The molecule has 0 spiro atoms. The number of amides is 2. The molecule has 2 amide bonds. The van der Waals surface area contributed by atoms with Crippen LogP contribution >= 0.6 is 23.4 Å². The van der Waals surface area contributed by atoms with Crippen LogP contribution in [0.25, 0.3) is 17.1 Å². The van der Waals surface area contributed by atoms with Crippen molar-refractivity contribution in [3.8, 4) is 0 Å². The molecule has 3 heterocycles. The summed E-state index contributed by atoms with van der Waals surface area (Å²) in [5.74, 6) is 0.579. The van der Waals surface area contributed by atoms with Gasteiger partial charge in [-0.2, -0.15) is 4.99 Å². The molecule has 1 saturated carbocycles. The lowest BCUT2D eigenvalue weighted by Gasteiger charge is -2.27. The SMILES string of the molecule is O=C1N=C(Nc2cc(NC(=O)C3CCC3)ccc2Cl)S/C1=C/c1ccc2ncc(N3CCOCC3)nc2c1. The molecular formula is C27H25ClN6O3S. The summed E-state index contributed by atoms with van der Waals surface area (Å²) < 4.78 is 5.43. The van der Waals surface area contributed by atoms with Crippen LogP contribution in [-0.2, 0) is 14.3 Å². The maximum Gasteiger partial charge on any atom is 0.286 e. The number of hydrogen-bond acceptors (Lipinski definition) is 8. The van der Waals surface area contributed by atoms with Crippen LogP contribution in [0.15, 0.2) is 52.5 Å². The number of benzene rings is 2. The van der Waals surface area contributed by atoms with Gasteiger partial charge in [-0.1, -0.05) is 24.1 Å². The van der Waals surface area contributed by atoms with Gasteiger partial charge in [-0.05, 0) is 66.6 Å². The van der Waals surface area contributed by atoms with Gasteiger partial charge in [0.1, 0.15) is 5.82 Å². The second-order valence-corrected chi connectivity index (χ2v) is 10.8. The molecule has 0 unspecified atom stereocenters. The number of nitrogens with zero attached hydrogens (tertiary/aromatic N) is 4. The van der Waals surface area contributed by atoms with Crippen molar-refractivity contribution >= 4 is 74.6 Å². The number of aromatic nitrogens is 2. The van der Waals surface area contributed by atoms with Crippen LogP contribution in [0.2, 0.25) is 5.02 Å². The Hall–Kier alpha value is -3.47. The second kappa shape index (κ2) is 10.7. The number of carbonyl (C=O) groups excluding carboxylic acids is 2. The van der Waals surface area contributed by atoms with Crippen LogP contribution in [0, 0.1) is 5.92 Å². The number of hydrogen-bond donors (Lipinski definition) is 2. The van der Waals surface area contributed by atoms with Crippen LogP contribution in [0.5, 0.6) is 0 Å². The standard InChI is InChI=1S/C27H25ClN6O3S/c28-19-6-5-18(30-25(35)17-2-1-3-17)14-21(19)32-27-33-26(36)23(38-27)13-16-4-7-20-22(12-16)31-24(15-29-20)34-8-10-37-11-9-34/h4-7,12-15,17H,1-3,8-11H2,(H,30,35)(H,32,33,36)/b23-13+. The molecular weight excluding hydrogens is 524 g/mol. The van der Waals surface area contributed by atoms with Gasteiger partial charge < -0.3 is 20.3 Å². The maximum atomic E-state index is 12.7. The molecule has 0 atom stereocenters. The molecule has 2 aromatic carbocycles. The Balaban J connectivity index is 1.16. The fourth-order valence-electron chi connectivity index (χ4n) is 4.40. The average molecular weight is 549 g/mol. The number of thioether (sulfide) groups is 1. The van der Waals surface area contributed by atoms with Crippen molar-refractivity contribution in [3.63, 3.8) is 0 Å². The minimum atomic E-state index is -0.337. The summed E-state index contributed by atoms with van der Waals surface area (Å²) in [6, 6.07) is 10.9. The van der Waals surface area contributed by atoms with Gasteiger partial charge in [0.05, 0.1) is 46.1 Å². The van der Waals surface area contributed by atoms with Crippen molar-refractivity contribution in [1.29, 1.82) is 0 Å². The highest BCUT2D eigenvalue weighted by Gasteiger charge is 2.26. The largest absolute Gasteiger partial charge is 0.378 e. The maximum absolute atomic E-state index is 12.7. The average Bonchev–Trinajstić information content (AvgIpc) is 3.23. The van der Waals surface area contributed by atoms with Crippen LogP contribution in [0.4, 0.5) is 17.2 Å². The van der Waals surface area contributed by atoms with Gasteiger partial charge in [0.15, 0.2) is 5.17 Å². The zero-order valence-electron chi connectivity index (χ0n) is 20.4. The molecule has 38 heavy (non-hydrogen) atoms. The van der Waals surface area contributed by atoms with E-state index < -0.39 is 0 Å². The Labute approximate surface area is 228 Å². The quantitative estimate of drug-likeness (QED) is 0.432. The summed E-state index contributed by atoms with van der Waals surface area (Å²) in [6.45, 7) is 2.91. The first-order valence-electron chi connectivity index (χ1n) is 12.5. The van der Waals surface area contributed by atoms with Gasteiger partial charge >= 0.3 is 0 Å². The van der Waals surface area contributed by atoms with Crippen LogP contribution in [0.1, 0.15) is 24.8 Å². The Bertz CT molecular complexity index is 1480. The van der Waals surface area contributed by atoms with Crippen LogP contribution in [0.3, 0.4) is 0 Å². The van der Waals surface area contributed by atoms with Crippen molar-refractivity contribution in [1.82, 2.24) is 9.97 Å². The number of fused-ring (bicyclic) bond motifs is 1. The van der Waals surface area contributed by atoms with E-state index in [4.69, 9.17) is 21.3 Å². The molecule has 3 aromatic rings. The van der Waals surface area contributed by atoms with E-state index in [0.717, 1.165) is 54.8 Å². The van der Waals surface area contributed by atoms with E-state index in [1.165, 1.54) is 11.8 Å². The van der Waals surface area contributed by atoms with E-state index in [-0.39, 0.29) is 17.7 Å². The highest BCUT2D eigenvalue weighted by Crippen LogP contribution is 2.33. The summed E-state index contributed by atoms with van der Waals surface area (Å²) >= 11 is 7.61. The van der Waals surface area contributed by atoms with E-state index in [9.17, 15) is 9.59 Å². The number of aliphatic imine (C=N–C) groups is 1. The third-order valence-corrected chi connectivity index (χ3v) is 7.99. The van der Waals surface area contributed by atoms with Crippen molar-refractivity contribution in [3.05, 3.63) is 58.1 Å². The molecule has 1 saturated heterocycles. The van der Waals surface area contributed by atoms with E-state index in [0.29, 0.717) is 39.7 Å². The summed E-state index contributed by atoms with van der Waals surface area (Å²) in [7, 11) is 0. The van der Waals surface area contributed by atoms with E-state index in [1.54, 1.807) is 30.5 Å². The third kappa shape index (κ3) is 5.38. The lowest BCUT2D eigenvalue weighted by Crippen LogP contribution is -2.36. The molecule has 9 nitrogen and oxygen atoms in total. The molecule has 6 rings (SSSR count). The molecule has 0 bridgehead atoms. The summed E-state index contributed by atoms with van der Waals surface area (Å²) in [5, 5.41) is 6.95. The minimum Gasteiger partial charge on any atom is -0.378 e. The first-order chi connectivity index (χ1) is 18.5. The number of nitrogens with one attached hydrogen (secondary N) is 2. The van der Waals surface area contributed by atoms with Crippen LogP contribution in [-0.4, -0.2) is 53.3 Å². The molecule has 2 aliphatic heterocycles. The minimum absolute atomic E-state index is 0.0228. The van der Waals surface area contributed by atoms with E-state index in [1.807, 2.05) is 18.2 Å². The van der Waals surface area contributed by atoms with Crippen molar-refractivity contribution in [2.24, 2.45) is 10.9 Å². The second-order valence-electron chi connectivity index (χ2n) is 9.35. The number of ether oxygens (including phenoxy) is 1. The van der Waals surface area contributed by atoms with Crippen molar-refractivity contribution < 1.29 is 14.3 Å². The molecule has 11 heteroatoms. The Kier molecular flexibility index (Phi) is 7.01. The first kappa shape index (κ1) is 24.8. The topological polar surface area (TPSA) is 109 Å². The van der Waals surface area contributed by atoms with Crippen molar-refractivity contribution in [2.45, 2.75) is 19.3 Å². The molecule has 2 N–H and O–H groups in total. The molecule has 1 aliphatic carbocycles. The van der Waals surface area contributed by atoms with Gasteiger partial charge in [-0.15, -0.1) is 0 Å². The number of rotatable bonds is 5. The lowest BCUT2D eigenvalue weighted by atomic mass is 9.85. The van der Waals surface area contributed by atoms with Gasteiger partial charge in [0.25, 0.3) is 5.91 Å². The van der Waals surface area contributed by atoms with Crippen LogP contribution < -0.4 is 15.5 Å². The Morgan fingerprint density at radius 2 is 1.97 bits per heavy atom. The molecule has 3 aliphatic rings. The monoisotopic (exact) mass is 548 g/mol. The highest BCUT2D eigenvalue weighted by atomic mass is 35.5. The number of amidine groups is 1. The molecule has 2 fully saturated rings. The predicted octanol–water partition coefficient (Wildman–Crippen LogP) is 4.94. The van der Waals surface area contributed by atoms with E-state index in [2.05, 4.69) is 25.5 Å². The first-order valence-corrected chi connectivity index (χ1v) is 13.7. The summed E-state index contributed by atoms with van der Waals surface area (Å²) in [4.78, 5) is 41.1. The zero-order chi connectivity index (χ0) is 26.1. The Morgan fingerprint density at radius 1 is 1.13 bits per heavy atom. The fourth-order valence-corrected chi connectivity index (χ4v) is 5.39. The van der Waals surface area contributed by atoms with Gasteiger partial charge in [-0.25, -0.2) is 4.98 Å². The molecule has 1 aromatic heterocycles. The third-order valence-electron chi connectivity index (χ3n) is 6.76. The number of anilines is 3. The summed E-state index contributed by atoms with van der Waals surface area (Å²) in [5.41, 5.74) is 3.58. The molecule has 194 valence electrons. The van der Waals surface area contributed by atoms with Gasteiger partial charge in [0, 0.05) is 24.7 Å². The number of carbonyl (C=O) groups is 2. The van der Waals surface area contributed by atoms with Gasteiger partial charge in [-0.3, -0.25) is 14.6 Å². The smallest absolute Gasteiger partial charge is 0.286 e. The predicted molar refractivity (Wildman–Crippen MR) is 152 cm³/mol. The Morgan fingerprint density at radius 3 is 2.76 bits per heavy atom. The number of morpholine rings is 1. The van der Waals surface area contributed by atoms with Crippen molar-refractivity contribution in [2.75, 3.05) is 41.8 Å². The zero-order valence-corrected chi connectivity index (χ0v) is 22.0. The highest BCUT2D eigenvalue weighted by molar-refractivity contribution is 8.18. The fraction of sp³-hybridized carbons (Fsp3) is 0.296. The number of halogens is 1. The van der Waals surface area contributed by atoms with E-state index >= 15 is 0 Å². The molecule has 0 radical (unpaired) electrons. The lowest BCUT2D eigenvalue weighted by molar-refractivity contribution is -0.122. The normalized spacial score (nSPS) is 19.0. The van der Waals surface area contributed by atoms with Gasteiger partial charge in [0.2, 0.25) is 5.91 Å².